The summed E-state index contributed by atoms with van der Waals surface area (Å²) in [6, 6.07) is 4.78. The lowest BCUT2D eigenvalue weighted by Gasteiger charge is -2.07. The highest BCUT2D eigenvalue weighted by Gasteiger charge is 2.10. The third-order valence-corrected chi connectivity index (χ3v) is 3.93. The normalized spacial score (nSPS) is 10.4. The third-order valence-electron chi connectivity index (χ3n) is 3.24. The third kappa shape index (κ3) is 6.76. The zero-order valence-corrected chi connectivity index (χ0v) is 13.9. The van der Waals surface area contributed by atoms with Crippen LogP contribution >= 0.6 is 15.9 Å². The number of carboxylic acid groups (broad SMARTS) is 1. The van der Waals surface area contributed by atoms with Crippen LogP contribution in [0.5, 0.6) is 0 Å². The molecule has 0 aromatic heterocycles. The van der Waals surface area contributed by atoms with Gasteiger partial charge in [-0.05, 0) is 40.5 Å². The van der Waals surface area contributed by atoms with Gasteiger partial charge in [-0.1, -0.05) is 39.0 Å². The van der Waals surface area contributed by atoms with E-state index in [-0.39, 0.29) is 11.5 Å². The zero-order valence-electron chi connectivity index (χ0n) is 12.3. The molecule has 116 valence electrons. The van der Waals surface area contributed by atoms with Crippen molar-refractivity contribution in [2.45, 2.75) is 51.9 Å². The Kier molecular flexibility index (Phi) is 8.05. The van der Waals surface area contributed by atoms with Crippen LogP contribution in [0.3, 0.4) is 0 Å². The first-order valence-corrected chi connectivity index (χ1v) is 8.16. The summed E-state index contributed by atoms with van der Waals surface area (Å²) in [7, 11) is 0. The zero-order chi connectivity index (χ0) is 15.7. The van der Waals surface area contributed by atoms with E-state index in [1.54, 1.807) is 12.1 Å². The van der Waals surface area contributed by atoms with Crippen LogP contribution < -0.4 is 5.32 Å². The molecule has 4 nitrogen and oxygen atoms in total. The monoisotopic (exact) mass is 355 g/mol. The molecule has 0 unspecified atom stereocenters. The number of carboxylic acids is 1. The first-order valence-electron chi connectivity index (χ1n) is 7.37. The number of halogens is 1. The average molecular weight is 356 g/mol. The largest absolute Gasteiger partial charge is 0.478 e. The van der Waals surface area contributed by atoms with Gasteiger partial charge in [0.2, 0.25) is 5.91 Å². The number of anilines is 1. The molecule has 0 spiro atoms. The van der Waals surface area contributed by atoms with E-state index in [9.17, 15) is 9.59 Å². The van der Waals surface area contributed by atoms with Gasteiger partial charge in [0.05, 0.1) is 5.56 Å². The highest BCUT2D eigenvalue weighted by atomic mass is 79.9. The van der Waals surface area contributed by atoms with Gasteiger partial charge in [-0.25, -0.2) is 4.79 Å². The van der Waals surface area contributed by atoms with E-state index in [1.807, 2.05) is 0 Å². The van der Waals surface area contributed by atoms with E-state index in [0.29, 0.717) is 16.6 Å². The van der Waals surface area contributed by atoms with Gasteiger partial charge in [-0.3, -0.25) is 4.79 Å². The molecule has 0 saturated heterocycles. The molecular formula is C16H22BrNO3. The predicted molar refractivity (Wildman–Crippen MR) is 87.7 cm³/mol. The van der Waals surface area contributed by atoms with Gasteiger partial charge in [0.1, 0.15) is 0 Å². The molecule has 1 aromatic carbocycles. The lowest BCUT2D eigenvalue weighted by Crippen LogP contribution is -2.11. The standard InChI is InChI=1S/C16H22BrNO3/c1-2-3-4-5-6-7-8-15(19)18-12-9-10-14(17)13(11-12)16(20)21/h9-11H,2-8H2,1H3,(H,18,19)(H,20,21). The minimum Gasteiger partial charge on any atom is -0.478 e. The van der Waals surface area contributed by atoms with Crippen LogP contribution in [0.4, 0.5) is 5.69 Å². The number of carbonyl (C=O) groups is 2. The average Bonchev–Trinajstić information content (AvgIpc) is 2.44. The fourth-order valence-corrected chi connectivity index (χ4v) is 2.47. The number of rotatable bonds is 9. The topological polar surface area (TPSA) is 66.4 Å². The van der Waals surface area contributed by atoms with Crippen molar-refractivity contribution in [1.29, 1.82) is 0 Å². The van der Waals surface area contributed by atoms with Gasteiger partial charge in [0, 0.05) is 16.6 Å². The Hall–Kier alpha value is -1.36. The van der Waals surface area contributed by atoms with E-state index in [1.165, 1.54) is 31.7 Å². The second kappa shape index (κ2) is 9.55. The molecule has 5 heteroatoms. The van der Waals surface area contributed by atoms with E-state index >= 15 is 0 Å². The molecule has 1 aromatic rings. The van der Waals surface area contributed by atoms with Crippen molar-refractivity contribution in [3.63, 3.8) is 0 Å². The molecule has 0 atom stereocenters. The Bertz CT molecular complexity index is 488. The second-order valence-corrected chi connectivity index (χ2v) is 5.92. The van der Waals surface area contributed by atoms with E-state index in [2.05, 4.69) is 28.2 Å². The van der Waals surface area contributed by atoms with Crippen molar-refractivity contribution in [1.82, 2.24) is 0 Å². The lowest BCUT2D eigenvalue weighted by molar-refractivity contribution is -0.116. The molecule has 21 heavy (non-hydrogen) atoms. The summed E-state index contributed by atoms with van der Waals surface area (Å²) in [6.45, 7) is 2.18. The number of aromatic carboxylic acids is 1. The van der Waals surface area contributed by atoms with Crippen LogP contribution in [-0.2, 0) is 4.79 Å². The first kappa shape index (κ1) is 17.7. The van der Waals surface area contributed by atoms with Gasteiger partial charge >= 0.3 is 5.97 Å². The van der Waals surface area contributed by atoms with Crippen LogP contribution in [0.15, 0.2) is 22.7 Å². The van der Waals surface area contributed by atoms with E-state index in [0.717, 1.165) is 12.8 Å². The van der Waals surface area contributed by atoms with Gasteiger partial charge in [0.15, 0.2) is 0 Å². The highest BCUT2D eigenvalue weighted by molar-refractivity contribution is 9.10. The molecular weight excluding hydrogens is 334 g/mol. The van der Waals surface area contributed by atoms with Crippen LogP contribution in [0, 0.1) is 0 Å². The molecule has 0 heterocycles. The molecule has 0 radical (unpaired) electrons. The molecule has 0 saturated carbocycles. The molecule has 2 N–H and O–H groups in total. The van der Waals surface area contributed by atoms with Crippen molar-refractivity contribution in [2.24, 2.45) is 0 Å². The lowest BCUT2D eigenvalue weighted by atomic mass is 10.1. The van der Waals surface area contributed by atoms with Crippen LogP contribution in [0.2, 0.25) is 0 Å². The van der Waals surface area contributed by atoms with Crippen molar-refractivity contribution in [3.05, 3.63) is 28.2 Å². The number of amides is 1. The van der Waals surface area contributed by atoms with Crippen molar-refractivity contribution in [2.75, 3.05) is 5.32 Å². The summed E-state index contributed by atoms with van der Waals surface area (Å²) in [5, 5.41) is 11.8. The summed E-state index contributed by atoms with van der Waals surface area (Å²) in [6.07, 6.45) is 7.28. The minimum atomic E-state index is -1.02. The Morgan fingerprint density at radius 2 is 1.81 bits per heavy atom. The maximum absolute atomic E-state index is 11.8. The molecule has 1 rings (SSSR count). The van der Waals surface area contributed by atoms with Gasteiger partial charge in [0.25, 0.3) is 0 Å². The minimum absolute atomic E-state index is 0.0656. The van der Waals surface area contributed by atoms with E-state index < -0.39 is 5.97 Å². The first-order chi connectivity index (χ1) is 10.0. The summed E-state index contributed by atoms with van der Waals surface area (Å²) in [5.41, 5.74) is 0.666. The fraction of sp³-hybridized carbons (Fsp3) is 0.500. The van der Waals surface area contributed by atoms with Crippen molar-refractivity contribution < 1.29 is 14.7 Å². The van der Waals surface area contributed by atoms with Crippen LogP contribution in [0.25, 0.3) is 0 Å². The number of unbranched alkanes of at least 4 members (excludes halogenated alkanes) is 5. The quantitative estimate of drug-likeness (QED) is 0.623. The highest BCUT2D eigenvalue weighted by Crippen LogP contribution is 2.21. The number of hydrogen-bond donors (Lipinski definition) is 2. The van der Waals surface area contributed by atoms with E-state index in [4.69, 9.17) is 5.11 Å². The maximum atomic E-state index is 11.8. The second-order valence-electron chi connectivity index (χ2n) is 5.07. The molecule has 0 aliphatic heterocycles. The Labute approximate surface area is 134 Å². The number of benzene rings is 1. The summed E-state index contributed by atoms with van der Waals surface area (Å²) in [5.74, 6) is -1.09. The van der Waals surface area contributed by atoms with Gasteiger partial charge < -0.3 is 10.4 Å². The maximum Gasteiger partial charge on any atom is 0.336 e. The number of nitrogens with one attached hydrogen (secondary N) is 1. The van der Waals surface area contributed by atoms with Crippen LogP contribution in [-0.4, -0.2) is 17.0 Å². The summed E-state index contributed by atoms with van der Waals surface area (Å²) >= 11 is 3.18. The summed E-state index contributed by atoms with van der Waals surface area (Å²) < 4.78 is 0.504. The molecule has 0 aliphatic rings. The number of carbonyl (C=O) groups excluding carboxylic acids is 1. The van der Waals surface area contributed by atoms with Crippen molar-refractivity contribution in [3.8, 4) is 0 Å². The van der Waals surface area contributed by atoms with Crippen LogP contribution in [0.1, 0.15) is 62.2 Å². The Morgan fingerprint density at radius 3 is 2.48 bits per heavy atom. The predicted octanol–water partition coefficient (Wildman–Crippen LogP) is 4.84. The molecule has 0 bridgehead atoms. The molecule has 0 fully saturated rings. The van der Waals surface area contributed by atoms with Gasteiger partial charge in [-0.2, -0.15) is 0 Å². The summed E-state index contributed by atoms with van der Waals surface area (Å²) in [4.78, 5) is 22.8. The Morgan fingerprint density at radius 1 is 1.14 bits per heavy atom. The SMILES string of the molecule is CCCCCCCCC(=O)Nc1ccc(Br)c(C(=O)O)c1. The van der Waals surface area contributed by atoms with Gasteiger partial charge in [-0.15, -0.1) is 0 Å². The Balaban J connectivity index is 2.38. The molecule has 0 aliphatic carbocycles. The molecule has 1 amide bonds. The number of hydrogen-bond acceptors (Lipinski definition) is 2. The smallest absolute Gasteiger partial charge is 0.336 e. The van der Waals surface area contributed by atoms with Crippen molar-refractivity contribution >= 4 is 33.5 Å². The fourth-order valence-electron chi connectivity index (χ4n) is 2.06.